The van der Waals surface area contributed by atoms with Crippen LogP contribution in [0.2, 0.25) is 0 Å². The van der Waals surface area contributed by atoms with E-state index < -0.39 is 6.36 Å². The van der Waals surface area contributed by atoms with Gasteiger partial charge in [-0.15, -0.1) is 13.2 Å². The number of nitrogens with two attached hydrogens (primary N) is 1. The summed E-state index contributed by atoms with van der Waals surface area (Å²) in [6.07, 6.45) is -3.79. The second kappa shape index (κ2) is 8.98. The van der Waals surface area contributed by atoms with E-state index >= 15 is 0 Å². The molecule has 0 atom stereocenters. The Hall–Kier alpha value is -2.90. The van der Waals surface area contributed by atoms with Crippen molar-refractivity contribution in [2.45, 2.75) is 26.3 Å². The molecule has 0 aromatic heterocycles. The summed E-state index contributed by atoms with van der Waals surface area (Å²) in [6.45, 7) is 3.02. The lowest BCUT2D eigenvalue weighted by Crippen LogP contribution is -2.22. The highest BCUT2D eigenvalue weighted by atomic mass is 19.4. The van der Waals surface area contributed by atoms with Crippen LogP contribution in [0.25, 0.3) is 0 Å². The quantitative estimate of drug-likeness (QED) is 0.565. The maximum Gasteiger partial charge on any atom is 0.573 e. The number of nitrogens with one attached hydrogen (secondary N) is 1. The molecule has 26 heavy (non-hydrogen) atoms. The van der Waals surface area contributed by atoms with Crippen LogP contribution in [-0.4, -0.2) is 18.9 Å². The summed E-state index contributed by atoms with van der Waals surface area (Å²) in [7, 11) is 0. The predicted molar refractivity (Wildman–Crippen MR) is 94.3 cm³/mol. The van der Waals surface area contributed by atoms with Gasteiger partial charge in [-0.1, -0.05) is 19.1 Å². The van der Waals surface area contributed by atoms with Gasteiger partial charge >= 0.3 is 6.36 Å². The van der Waals surface area contributed by atoms with Gasteiger partial charge < -0.3 is 20.5 Å². The largest absolute Gasteiger partial charge is 0.573 e. The van der Waals surface area contributed by atoms with E-state index in [0.29, 0.717) is 18.8 Å². The summed E-state index contributed by atoms with van der Waals surface area (Å²) < 4.78 is 45.7. The van der Waals surface area contributed by atoms with Crippen molar-refractivity contribution < 1.29 is 22.6 Å². The second-order valence-electron chi connectivity index (χ2n) is 5.39. The van der Waals surface area contributed by atoms with Crippen molar-refractivity contribution in [3.8, 4) is 11.5 Å². The zero-order valence-corrected chi connectivity index (χ0v) is 14.2. The number of nitrogens with zero attached hydrogens (tertiary/aromatic N) is 1. The fraction of sp³-hybridized carbons (Fsp3) is 0.278. The number of benzene rings is 2. The Kier molecular flexibility index (Phi) is 6.71. The zero-order valence-electron chi connectivity index (χ0n) is 14.2. The van der Waals surface area contributed by atoms with Crippen LogP contribution in [0.1, 0.15) is 18.9 Å². The molecule has 0 aliphatic rings. The van der Waals surface area contributed by atoms with E-state index in [1.165, 1.54) is 24.3 Å². The van der Waals surface area contributed by atoms with Gasteiger partial charge in [0.2, 0.25) is 0 Å². The molecule has 140 valence electrons. The SMILES string of the molecule is CCCOc1cccc(CN=C(N)Nc2ccc(OC(F)(F)F)cc2)c1. The molecule has 2 aromatic rings. The summed E-state index contributed by atoms with van der Waals surface area (Å²) in [6, 6.07) is 12.8. The average Bonchev–Trinajstić information content (AvgIpc) is 2.59. The molecule has 0 heterocycles. The van der Waals surface area contributed by atoms with Crippen molar-refractivity contribution in [2.24, 2.45) is 10.7 Å². The molecule has 5 nitrogen and oxygen atoms in total. The Labute approximate surface area is 149 Å². The fourth-order valence-electron chi connectivity index (χ4n) is 2.06. The summed E-state index contributed by atoms with van der Waals surface area (Å²) in [5.74, 6) is 0.614. The van der Waals surface area contributed by atoms with Crippen LogP contribution in [0.15, 0.2) is 53.5 Å². The lowest BCUT2D eigenvalue weighted by Gasteiger charge is -2.10. The van der Waals surface area contributed by atoms with Gasteiger partial charge in [0.1, 0.15) is 11.5 Å². The van der Waals surface area contributed by atoms with Crippen LogP contribution < -0.4 is 20.5 Å². The minimum Gasteiger partial charge on any atom is -0.494 e. The van der Waals surface area contributed by atoms with Crippen molar-refractivity contribution in [1.29, 1.82) is 0 Å². The van der Waals surface area contributed by atoms with Crippen LogP contribution in [0.3, 0.4) is 0 Å². The van der Waals surface area contributed by atoms with Gasteiger partial charge in [0.25, 0.3) is 0 Å². The van der Waals surface area contributed by atoms with Gasteiger partial charge in [0.05, 0.1) is 13.2 Å². The fourth-order valence-corrected chi connectivity index (χ4v) is 2.06. The smallest absolute Gasteiger partial charge is 0.494 e. The summed E-state index contributed by atoms with van der Waals surface area (Å²) >= 11 is 0. The number of guanidine groups is 1. The first kappa shape index (κ1) is 19.4. The van der Waals surface area contributed by atoms with Crippen molar-refractivity contribution in [3.05, 3.63) is 54.1 Å². The summed E-state index contributed by atoms with van der Waals surface area (Å²) in [4.78, 5) is 4.21. The topological polar surface area (TPSA) is 68.9 Å². The highest BCUT2D eigenvalue weighted by Gasteiger charge is 2.30. The highest BCUT2D eigenvalue weighted by molar-refractivity contribution is 5.92. The van der Waals surface area contributed by atoms with Crippen molar-refractivity contribution >= 4 is 11.6 Å². The molecule has 0 fully saturated rings. The first-order valence-corrected chi connectivity index (χ1v) is 8.00. The molecular weight excluding hydrogens is 347 g/mol. The molecular formula is C18H20F3N3O2. The number of halogens is 3. The van der Waals surface area contributed by atoms with Crippen molar-refractivity contribution in [1.82, 2.24) is 0 Å². The van der Waals surface area contributed by atoms with Gasteiger partial charge in [0, 0.05) is 5.69 Å². The maximum atomic E-state index is 12.1. The molecule has 2 rings (SSSR count). The molecule has 0 aliphatic heterocycles. The van der Waals surface area contributed by atoms with E-state index in [4.69, 9.17) is 10.5 Å². The van der Waals surface area contributed by atoms with E-state index in [2.05, 4.69) is 15.0 Å². The van der Waals surface area contributed by atoms with Gasteiger partial charge in [0.15, 0.2) is 5.96 Å². The van der Waals surface area contributed by atoms with E-state index in [0.717, 1.165) is 17.7 Å². The Morgan fingerprint density at radius 1 is 1.12 bits per heavy atom. The van der Waals surface area contributed by atoms with Crippen LogP contribution in [0.4, 0.5) is 18.9 Å². The zero-order chi connectivity index (χ0) is 19.0. The Morgan fingerprint density at radius 3 is 2.50 bits per heavy atom. The minimum atomic E-state index is -4.72. The maximum absolute atomic E-state index is 12.1. The predicted octanol–water partition coefficient (Wildman–Crippen LogP) is 4.30. The summed E-state index contributed by atoms with van der Waals surface area (Å²) in [5, 5.41) is 2.81. The molecule has 0 radical (unpaired) electrons. The molecule has 3 N–H and O–H groups in total. The van der Waals surface area contributed by atoms with Crippen LogP contribution in [0.5, 0.6) is 11.5 Å². The number of aliphatic imine (C=N–C) groups is 1. The van der Waals surface area contributed by atoms with E-state index in [1.54, 1.807) is 0 Å². The standard InChI is InChI=1S/C18H20F3N3O2/c1-2-10-25-16-5-3-4-13(11-16)12-23-17(22)24-14-6-8-15(9-7-14)26-18(19,20)21/h3-9,11H,2,10,12H2,1H3,(H3,22,23,24). The van der Waals surface area contributed by atoms with Crippen molar-refractivity contribution in [2.75, 3.05) is 11.9 Å². The van der Waals surface area contributed by atoms with Gasteiger partial charge in [-0.3, -0.25) is 0 Å². The van der Waals surface area contributed by atoms with E-state index in [9.17, 15) is 13.2 Å². The molecule has 0 amide bonds. The molecule has 0 aliphatic carbocycles. The normalized spacial score (nSPS) is 11.9. The van der Waals surface area contributed by atoms with Crippen molar-refractivity contribution in [3.63, 3.8) is 0 Å². The summed E-state index contributed by atoms with van der Waals surface area (Å²) in [5.41, 5.74) is 7.24. The first-order valence-electron chi connectivity index (χ1n) is 8.00. The molecule has 0 unspecified atom stereocenters. The number of hydrogen-bond acceptors (Lipinski definition) is 3. The first-order chi connectivity index (χ1) is 12.4. The molecule has 2 aromatic carbocycles. The molecule has 0 spiro atoms. The lowest BCUT2D eigenvalue weighted by molar-refractivity contribution is -0.274. The van der Waals surface area contributed by atoms with Crippen LogP contribution >= 0.6 is 0 Å². The average molecular weight is 367 g/mol. The molecule has 8 heteroatoms. The number of rotatable bonds is 7. The molecule has 0 saturated heterocycles. The highest BCUT2D eigenvalue weighted by Crippen LogP contribution is 2.23. The van der Waals surface area contributed by atoms with E-state index in [1.807, 2.05) is 31.2 Å². The third-order valence-corrected chi connectivity index (χ3v) is 3.16. The number of ether oxygens (including phenoxy) is 2. The third-order valence-electron chi connectivity index (χ3n) is 3.16. The minimum absolute atomic E-state index is 0.148. The van der Waals surface area contributed by atoms with Crippen LogP contribution in [-0.2, 0) is 6.54 Å². The number of anilines is 1. The van der Waals surface area contributed by atoms with Gasteiger partial charge in [-0.05, 0) is 48.4 Å². The van der Waals surface area contributed by atoms with Crippen LogP contribution in [0, 0.1) is 0 Å². The van der Waals surface area contributed by atoms with Gasteiger partial charge in [-0.25, -0.2) is 4.99 Å². The Balaban J connectivity index is 1.92. The molecule has 0 bridgehead atoms. The van der Waals surface area contributed by atoms with E-state index in [-0.39, 0.29) is 11.7 Å². The van der Waals surface area contributed by atoms with Gasteiger partial charge in [-0.2, -0.15) is 0 Å². The Morgan fingerprint density at radius 2 is 1.85 bits per heavy atom. The number of alkyl halides is 3. The Bertz CT molecular complexity index is 731. The third kappa shape index (κ3) is 6.92. The monoisotopic (exact) mass is 367 g/mol. The lowest BCUT2D eigenvalue weighted by atomic mass is 10.2. The second-order valence-corrected chi connectivity index (χ2v) is 5.39. The molecule has 0 saturated carbocycles. The number of hydrogen-bond donors (Lipinski definition) is 2.